The number of anilines is 1. The molecule has 4 aromatic carbocycles. The number of fused-ring (bicyclic) bond motifs is 2. The van der Waals surface area contributed by atoms with Crippen molar-refractivity contribution >= 4 is 37.4 Å². The topological polar surface area (TPSA) is 65.2 Å². The van der Waals surface area contributed by atoms with Gasteiger partial charge in [0.1, 0.15) is 0 Å². The Balaban J connectivity index is 1.50. The zero-order valence-electron chi connectivity index (χ0n) is 19.2. The number of aromatic nitrogens is 1. The molecular weight excluding hydrogens is 442 g/mol. The largest absolute Gasteiger partial charge is 0.378 e. The van der Waals surface area contributed by atoms with Crippen LogP contribution in [0.3, 0.4) is 0 Å². The Morgan fingerprint density at radius 3 is 2.32 bits per heavy atom. The van der Waals surface area contributed by atoms with E-state index in [0.29, 0.717) is 0 Å². The fourth-order valence-electron chi connectivity index (χ4n) is 4.41. The molecule has 0 saturated carbocycles. The summed E-state index contributed by atoms with van der Waals surface area (Å²) in [5, 5.41) is 3.01. The highest BCUT2D eigenvalue weighted by Gasteiger charge is 2.22. The standard InChI is InChI=1S/C28H27N3O2S/c1-31(2)23-14-11-21(12-15-23)26(27-18-29-28-10-6-5-9-25(27)28)19-30-34(32,33)24-16-13-20-7-3-4-8-22(20)17-24/h3-18,26,29-30H,19H2,1-2H3/t26-/m0/s1. The average Bonchev–Trinajstić information content (AvgIpc) is 3.28. The first kappa shape index (κ1) is 22.2. The molecule has 0 saturated heterocycles. The van der Waals surface area contributed by atoms with Gasteiger partial charge in [0.25, 0.3) is 0 Å². The van der Waals surface area contributed by atoms with E-state index in [0.717, 1.165) is 38.5 Å². The molecule has 172 valence electrons. The van der Waals surface area contributed by atoms with E-state index in [-0.39, 0.29) is 17.4 Å². The van der Waals surface area contributed by atoms with Crippen molar-refractivity contribution in [2.75, 3.05) is 25.5 Å². The second-order valence-corrected chi connectivity index (χ2v) is 10.5. The Hall–Kier alpha value is -3.61. The highest BCUT2D eigenvalue weighted by molar-refractivity contribution is 7.89. The average molecular weight is 470 g/mol. The summed E-state index contributed by atoms with van der Waals surface area (Å²) in [7, 11) is 0.318. The van der Waals surface area contributed by atoms with Crippen LogP contribution in [-0.4, -0.2) is 34.0 Å². The third-order valence-electron chi connectivity index (χ3n) is 6.32. The third kappa shape index (κ3) is 4.30. The molecule has 0 bridgehead atoms. The molecule has 1 aromatic heterocycles. The molecule has 5 aromatic rings. The number of nitrogens with zero attached hydrogens (tertiary/aromatic N) is 1. The molecule has 0 fully saturated rings. The minimum absolute atomic E-state index is 0.150. The number of para-hydroxylation sites is 1. The molecule has 0 aliphatic heterocycles. The molecule has 0 radical (unpaired) electrons. The molecule has 6 heteroatoms. The summed E-state index contributed by atoms with van der Waals surface area (Å²) in [6.45, 7) is 0.248. The lowest BCUT2D eigenvalue weighted by Gasteiger charge is -2.20. The quantitative estimate of drug-likeness (QED) is 0.331. The predicted molar refractivity (Wildman–Crippen MR) is 140 cm³/mol. The van der Waals surface area contributed by atoms with Crippen molar-refractivity contribution in [3.63, 3.8) is 0 Å². The van der Waals surface area contributed by atoms with E-state index < -0.39 is 10.0 Å². The van der Waals surface area contributed by atoms with Crippen molar-refractivity contribution in [1.82, 2.24) is 9.71 Å². The van der Waals surface area contributed by atoms with Gasteiger partial charge in [-0.3, -0.25) is 0 Å². The summed E-state index contributed by atoms with van der Waals surface area (Å²) in [4.78, 5) is 5.65. The monoisotopic (exact) mass is 469 g/mol. The maximum absolute atomic E-state index is 13.3. The highest BCUT2D eigenvalue weighted by Crippen LogP contribution is 2.32. The molecule has 0 unspecified atom stereocenters. The lowest BCUT2D eigenvalue weighted by atomic mass is 9.91. The van der Waals surface area contributed by atoms with Crippen molar-refractivity contribution < 1.29 is 8.42 Å². The zero-order chi connectivity index (χ0) is 23.7. The van der Waals surface area contributed by atoms with Crippen LogP contribution >= 0.6 is 0 Å². The number of hydrogen-bond acceptors (Lipinski definition) is 3. The van der Waals surface area contributed by atoms with Gasteiger partial charge >= 0.3 is 0 Å². The smallest absolute Gasteiger partial charge is 0.240 e. The molecule has 0 aliphatic rings. The number of nitrogens with one attached hydrogen (secondary N) is 2. The SMILES string of the molecule is CN(C)c1ccc([C@H](CNS(=O)(=O)c2ccc3ccccc3c2)c2c[nH]c3ccccc23)cc1. The number of sulfonamides is 1. The van der Waals surface area contributed by atoms with Gasteiger partial charge in [0.05, 0.1) is 4.90 Å². The molecular formula is C28H27N3O2S. The molecule has 0 aliphatic carbocycles. The van der Waals surface area contributed by atoms with Crippen molar-refractivity contribution in [3.8, 4) is 0 Å². The second kappa shape index (κ2) is 8.97. The van der Waals surface area contributed by atoms with E-state index in [9.17, 15) is 8.42 Å². The van der Waals surface area contributed by atoms with E-state index in [1.807, 2.05) is 73.7 Å². The second-order valence-electron chi connectivity index (χ2n) is 8.69. The molecule has 2 N–H and O–H groups in total. The first-order valence-electron chi connectivity index (χ1n) is 11.2. The minimum Gasteiger partial charge on any atom is -0.378 e. The maximum atomic E-state index is 13.3. The number of benzene rings is 4. The van der Waals surface area contributed by atoms with Crippen LogP contribution in [0.15, 0.2) is 102 Å². The first-order valence-corrected chi connectivity index (χ1v) is 12.7. The highest BCUT2D eigenvalue weighted by atomic mass is 32.2. The van der Waals surface area contributed by atoms with E-state index in [1.165, 1.54) is 0 Å². The van der Waals surface area contributed by atoms with Crippen LogP contribution in [0, 0.1) is 0 Å². The number of rotatable bonds is 7. The normalized spacial score (nSPS) is 12.8. The molecule has 5 rings (SSSR count). The predicted octanol–water partition coefficient (Wildman–Crippen LogP) is 5.50. The van der Waals surface area contributed by atoms with E-state index in [1.54, 1.807) is 12.1 Å². The Morgan fingerprint density at radius 2 is 1.56 bits per heavy atom. The molecule has 34 heavy (non-hydrogen) atoms. The molecule has 0 spiro atoms. The maximum Gasteiger partial charge on any atom is 0.240 e. The molecule has 5 nitrogen and oxygen atoms in total. The van der Waals surface area contributed by atoms with E-state index >= 15 is 0 Å². The number of H-pyrrole nitrogens is 1. The van der Waals surface area contributed by atoms with Crippen LogP contribution in [0.2, 0.25) is 0 Å². The Labute approximate surface area is 200 Å². The Kier molecular flexibility index (Phi) is 5.86. The number of aromatic amines is 1. The van der Waals surface area contributed by atoms with Gasteiger partial charge in [-0.25, -0.2) is 13.1 Å². The van der Waals surface area contributed by atoms with Gasteiger partial charge in [0.2, 0.25) is 10.0 Å². The van der Waals surface area contributed by atoms with Crippen molar-refractivity contribution in [2.45, 2.75) is 10.8 Å². The Morgan fingerprint density at radius 1 is 0.853 bits per heavy atom. The molecule has 0 amide bonds. The van der Waals surface area contributed by atoms with Crippen LogP contribution in [0.25, 0.3) is 21.7 Å². The van der Waals surface area contributed by atoms with Crippen molar-refractivity contribution in [2.24, 2.45) is 0 Å². The van der Waals surface area contributed by atoms with Crippen molar-refractivity contribution in [3.05, 3.63) is 108 Å². The summed E-state index contributed by atoms with van der Waals surface area (Å²) in [6.07, 6.45) is 1.99. The van der Waals surface area contributed by atoms with Gasteiger partial charge in [-0.1, -0.05) is 60.7 Å². The first-order chi connectivity index (χ1) is 16.4. The number of hydrogen-bond donors (Lipinski definition) is 2. The van der Waals surface area contributed by atoms with Crippen LogP contribution in [0.4, 0.5) is 5.69 Å². The van der Waals surface area contributed by atoms with E-state index in [4.69, 9.17) is 0 Å². The van der Waals surface area contributed by atoms with Gasteiger partial charge in [0, 0.05) is 49.3 Å². The summed E-state index contributed by atoms with van der Waals surface area (Å²) < 4.78 is 29.4. The zero-order valence-corrected chi connectivity index (χ0v) is 20.0. The van der Waals surface area contributed by atoms with Gasteiger partial charge in [-0.15, -0.1) is 0 Å². The van der Waals surface area contributed by atoms with Crippen LogP contribution in [-0.2, 0) is 10.0 Å². The van der Waals surface area contributed by atoms with Crippen molar-refractivity contribution in [1.29, 1.82) is 0 Å². The van der Waals surface area contributed by atoms with Gasteiger partial charge in [-0.05, 0) is 52.2 Å². The fraction of sp³-hybridized carbons (Fsp3) is 0.143. The summed E-state index contributed by atoms with van der Waals surface area (Å²) in [5.41, 5.74) is 4.24. The summed E-state index contributed by atoms with van der Waals surface area (Å²) in [5.74, 6) is -0.150. The summed E-state index contributed by atoms with van der Waals surface area (Å²) >= 11 is 0. The van der Waals surface area contributed by atoms with Crippen LogP contribution in [0.5, 0.6) is 0 Å². The third-order valence-corrected chi connectivity index (χ3v) is 7.74. The lowest BCUT2D eigenvalue weighted by molar-refractivity contribution is 0.578. The van der Waals surface area contributed by atoms with E-state index in [2.05, 4.69) is 40.0 Å². The molecule has 1 heterocycles. The van der Waals surface area contributed by atoms with Crippen LogP contribution in [0.1, 0.15) is 17.0 Å². The van der Waals surface area contributed by atoms with Gasteiger partial charge in [-0.2, -0.15) is 0 Å². The molecule has 1 atom stereocenters. The van der Waals surface area contributed by atoms with Gasteiger partial charge < -0.3 is 9.88 Å². The summed E-state index contributed by atoms with van der Waals surface area (Å²) in [6, 6.07) is 29.4. The Bertz CT molecular complexity index is 1550. The minimum atomic E-state index is -3.69. The van der Waals surface area contributed by atoms with Crippen LogP contribution < -0.4 is 9.62 Å². The fourth-order valence-corrected chi connectivity index (χ4v) is 5.49. The van der Waals surface area contributed by atoms with Gasteiger partial charge in [0.15, 0.2) is 0 Å². The lowest BCUT2D eigenvalue weighted by Crippen LogP contribution is -2.29.